The van der Waals surface area contributed by atoms with Crippen molar-refractivity contribution in [2.24, 2.45) is 5.92 Å². The second kappa shape index (κ2) is 7.41. The van der Waals surface area contributed by atoms with Crippen LogP contribution in [0.3, 0.4) is 0 Å². The number of halogens is 1. The zero-order valence-electron chi connectivity index (χ0n) is 12.3. The van der Waals surface area contributed by atoms with Crippen LogP contribution in [0.5, 0.6) is 5.75 Å². The van der Waals surface area contributed by atoms with Crippen molar-refractivity contribution in [2.45, 2.75) is 32.3 Å². The fourth-order valence-corrected chi connectivity index (χ4v) is 2.62. The highest BCUT2D eigenvalue weighted by molar-refractivity contribution is 5.81. The van der Waals surface area contributed by atoms with E-state index in [4.69, 9.17) is 4.74 Å². The first-order valence-corrected chi connectivity index (χ1v) is 7.46. The molecule has 1 N–H and O–H groups in total. The zero-order valence-corrected chi connectivity index (χ0v) is 12.3. The van der Waals surface area contributed by atoms with Crippen molar-refractivity contribution in [1.82, 2.24) is 4.90 Å². The van der Waals surface area contributed by atoms with Crippen molar-refractivity contribution in [2.75, 3.05) is 19.7 Å². The lowest BCUT2D eigenvalue weighted by molar-refractivity contribution is -0.141. The molecular weight excluding hydrogens is 273 g/mol. The van der Waals surface area contributed by atoms with Gasteiger partial charge >= 0.3 is 0 Å². The maximum absolute atomic E-state index is 13.6. The van der Waals surface area contributed by atoms with E-state index >= 15 is 0 Å². The number of aliphatic hydroxyl groups is 1. The van der Waals surface area contributed by atoms with E-state index in [0.717, 1.165) is 12.8 Å². The summed E-state index contributed by atoms with van der Waals surface area (Å²) < 4.78 is 19.2. The van der Waals surface area contributed by atoms with Gasteiger partial charge in [0.15, 0.2) is 17.7 Å². The molecule has 0 aromatic heterocycles. The van der Waals surface area contributed by atoms with Crippen molar-refractivity contribution in [3.8, 4) is 5.75 Å². The Labute approximate surface area is 124 Å². The molecule has 1 aromatic rings. The summed E-state index contributed by atoms with van der Waals surface area (Å²) in [5.41, 5.74) is 0. The Morgan fingerprint density at radius 1 is 1.52 bits per heavy atom. The number of aliphatic hydroxyl groups excluding tert-OH is 1. The molecule has 2 rings (SSSR count). The second-order valence-electron chi connectivity index (χ2n) is 5.42. The average Bonchev–Trinajstić information content (AvgIpc) is 2.53. The molecule has 0 bridgehead atoms. The van der Waals surface area contributed by atoms with Gasteiger partial charge in [0.2, 0.25) is 0 Å². The molecular formula is C16H22FNO3. The summed E-state index contributed by atoms with van der Waals surface area (Å²) in [4.78, 5) is 14.2. The Morgan fingerprint density at radius 3 is 2.95 bits per heavy atom. The molecule has 0 saturated carbocycles. The number of hydrogen-bond acceptors (Lipinski definition) is 3. The van der Waals surface area contributed by atoms with E-state index in [-0.39, 0.29) is 24.2 Å². The second-order valence-corrected chi connectivity index (χ2v) is 5.42. The minimum atomic E-state index is -0.681. The average molecular weight is 295 g/mol. The van der Waals surface area contributed by atoms with Gasteiger partial charge in [-0.25, -0.2) is 4.39 Å². The van der Waals surface area contributed by atoms with Gasteiger partial charge in [-0.15, -0.1) is 0 Å². The molecule has 1 aromatic carbocycles. The SMILES string of the molecule is CCC(Oc1ccccc1F)C(=O)N1CCCC(CO)C1. The lowest BCUT2D eigenvalue weighted by atomic mass is 9.98. The summed E-state index contributed by atoms with van der Waals surface area (Å²) in [7, 11) is 0. The van der Waals surface area contributed by atoms with Crippen LogP contribution in [-0.2, 0) is 4.79 Å². The number of hydrogen-bond donors (Lipinski definition) is 1. The molecule has 5 heteroatoms. The number of nitrogens with zero attached hydrogens (tertiary/aromatic N) is 1. The number of carbonyl (C=O) groups is 1. The van der Waals surface area contributed by atoms with Crippen LogP contribution in [0.25, 0.3) is 0 Å². The van der Waals surface area contributed by atoms with Gasteiger partial charge in [-0.3, -0.25) is 4.79 Å². The first kappa shape index (κ1) is 15.8. The van der Waals surface area contributed by atoms with Crippen LogP contribution >= 0.6 is 0 Å². The summed E-state index contributed by atoms with van der Waals surface area (Å²) in [6.07, 6.45) is 1.62. The minimum absolute atomic E-state index is 0.0920. The number of rotatable bonds is 5. The van der Waals surface area contributed by atoms with Crippen molar-refractivity contribution in [3.05, 3.63) is 30.1 Å². The molecule has 1 aliphatic heterocycles. The molecule has 2 unspecified atom stereocenters. The van der Waals surface area contributed by atoms with Crippen LogP contribution < -0.4 is 4.74 Å². The molecule has 1 amide bonds. The first-order valence-electron chi connectivity index (χ1n) is 7.46. The molecule has 1 fully saturated rings. The highest BCUT2D eigenvalue weighted by atomic mass is 19.1. The third-order valence-electron chi connectivity index (χ3n) is 3.84. The molecule has 1 saturated heterocycles. The van der Waals surface area contributed by atoms with Crippen LogP contribution in [0.4, 0.5) is 4.39 Å². The highest BCUT2D eigenvalue weighted by Gasteiger charge is 2.29. The molecule has 1 heterocycles. The van der Waals surface area contributed by atoms with Gasteiger partial charge in [-0.05, 0) is 37.3 Å². The van der Waals surface area contributed by atoms with E-state index in [0.29, 0.717) is 19.5 Å². The Kier molecular flexibility index (Phi) is 5.56. The van der Waals surface area contributed by atoms with Crippen molar-refractivity contribution < 1.29 is 19.0 Å². The number of likely N-dealkylation sites (tertiary alicyclic amines) is 1. The number of para-hydroxylation sites is 1. The van der Waals surface area contributed by atoms with Gasteiger partial charge in [0.25, 0.3) is 5.91 Å². The Bertz CT molecular complexity index is 480. The standard InChI is InChI=1S/C16H22FNO3/c1-2-14(21-15-8-4-3-7-13(15)17)16(20)18-9-5-6-12(10-18)11-19/h3-4,7-8,12,14,19H,2,5-6,9-11H2,1H3. The fraction of sp³-hybridized carbons (Fsp3) is 0.562. The number of amides is 1. The lowest BCUT2D eigenvalue weighted by Crippen LogP contribution is -2.47. The van der Waals surface area contributed by atoms with Gasteiger partial charge in [-0.1, -0.05) is 19.1 Å². The van der Waals surface area contributed by atoms with Crippen molar-refractivity contribution in [1.29, 1.82) is 0 Å². The molecule has 0 aliphatic carbocycles. The van der Waals surface area contributed by atoms with Crippen molar-refractivity contribution in [3.63, 3.8) is 0 Å². The highest BCUT2D eigenvalue weighted by Crippen LogP contribution is 2.21. The number of benzene rings is 1. The number of piperidine rings is 1. The summed E-state index contributed by atoms with van der Waals surface area (Å²) in [6, 6.07) is 6.10. The molecule has 2 atom stereocenters. The summed E-state index contributed by atoms with van der Waals surface area (Å²) in [5, 5.41) is 9.24. The van der Waals surface area contributed by atoms with Gasteiger partial charge in [0.1, 0.15) is 0 Å². The lowest BCUT2D eigenvalue weighted by Gasteiger charge is -2.34. The molecule has 1 aliphatic rings. The molecule has 4 nitrogen and oxygen atoms in total. The van der Waals surface area contributed by atoms with E-state index in [1.807, 2.05) is 6.92 Å². The van der Waals surface area contributed by atoms with Gasteiger partial charge in [0.05, 0.1) is 0 Å². The quantitative estimate of drug-likeness (QED) is 0.906. The van der Waals surface area contributed by atoms with E-state index in [1.54, 1.807) is 17.0 Å². The number of carbonyl (C=O) groups excluding carboxylic acids is 1. The normalized spacial score (nSPS) is 20.1. The van der Waals surface area contributed by atoms with Crippen LogP contribution in [0.2, 0.25) is 0 Å². The Morgan fingerprint density at radius 2 is 2.29 bits per heavy atom. The fourth-order valence-electron chi connectivity index (χ4n) is 2.62. The van der Waals surface area contributed by atoms with E-state index in [1.165, 1.54) is 12.1 Å². The monoisotopic (exact) mass is 295 g/mol. The van der Waals surface area contributed by atoms with Crippen LogP contribution in [-0.4, -0.2) is 41.7 Å². The third kappa shape index (κ3) is 3.94. The molecule has 0 radical (unpaired) electrons. The minimum Gasteiger partial charge on any atom is -0.478 e. The topological polar surface area (TPSA) is 49.8 Å². The van der Waals surface area contributed by atoms with Gasteiger partial charge in [-0.2, -0.15) is 0 Å². The largest absolute Gasteiger partial charge is 0.478 e. The van der Waals surface area contributed by atoms with Crippen LogP contribution in [0.15, 0.2) is 24.3 Å². The molecule has 21 heavy (non-hydrogen) atoms. The maximum Gasteiger partial charge on any atom is 0.263 e. The van der Waals surface area contributed by atoms with Crippen LogP contribution in [0, 0.1) is 11.7 Å². The zero-order chi connectivity index (χ0) is 15.2. The summed E-state index contributed by atoms with van der Waals surface area (Å²) in [5.74, 6) is -0.350. The summed E-state index contributed by atoms with van der Waals surface area (Å²) in [6.45, 7) is 3.16. The Balaban J connectivity index is 2.03. The maximum atomic E-state index is 13.6. The van der Waals surface area contributed by atoms with E-state index in [9.17, 15) is 14.3 Å². The molecule has 0 spiro atoms. The predicted molar refractivity (Wildman–Crippen MR) is 77.5 cm³/mol. The predicted octanol–water partition coefficient (Wildman–Crippen LogP) is 2.21. The van der Waals surface area contributed by atoms with Crippen molar-refractivity contribution >= 4 is 5.91 Å². The van der Waals surface area contributed by atoms with E-state index < -0.39 is 11.9 Å². The van der Waals surface area contributed by atoms with E-state index in [2.05, 4.69) is 0 Å². The van der Waals surface area contributed by atoms with Crippen LogP contribution in [0.1, 0.15) is 26.2 Å². The van der Waals surface area contributed by atoms with Gasteiger partial charge in [0, 0.05) is 19.7 Å². The number of ether oxygens (including phenoxy) is 1. The molecule has 116 valence electrons. The third-order valence-corrected chi connectivity index (χ3v) is 3.84. The first-order chi connectivity index (χ1) is 10.2. The Hall–Kier alpha value is -1.62. The van der Waals surface area contributed by atoms with Gasteiger partial charge < -0.3 is 14.7 Å². The smallest absolute Gasteiger partial charge is 0.263 e. The summed E-state index contributed by atoms with van der Waals surface area (Å²) >= 11 is 0.